The largest absolute Gasteiger partial charge is 0.496 e. The molecule has 22 heavy (non-hydrogen) atoms. The molecule has 2 aromatic rings. The fourth-order valence-corrected chi connectivity index (χ4v) is 2.40. The van der Waals surface area contributed by atoms with Crippen LogP contribution in [0.3, 0.4) is 0 Å². The molecule has 0 spiro atoms. The highest BCUT2D eigenvalue weighted by Crippen LogP contribution is 2.24. The van der Waals surface area contributed by atoms with Crippen molar-refractivity contribution in [3.05, 3.63) is 58.9 Å². The number of hydrogen-bond acceptors (Lipinski definition) is 3. The molecule has 0 saturated carbocycles. The molecule has 0 unspecified atom stereocenters. The molecule has 4 heteroatoms. The Bertz CT molecular complexity index is 654. The van der Waals surface area contributed by atoms with Gasteiger partial charge in [-0.15, -0.1) is 0 Å². The molecule has 2 rings (SSSR count). The van der Waals surface area contributed by atoms with E-state index < -0.39 is 0 Å². The van der Waals surface area contributed by atoms with Gasteiger partial charge in [-0.05, 0) is 61.2 Å². The summed E-state index contributed by atoms with van der Waals surface area (Å²) in [4.78, 5) is 18.4. The lowest BCUT2D eigenvalue weighted by Crippen LogP contribution is -2.29. The fraction of sp³-hybridized carbons (Fsp3) is 0.333. The Morgan fingerprint density at radius 3 is 2.45 bits per heavy atom. The maximum atomic E-state index is 12.6. The Labute approximate surface area is 131 Å². The van der Waals surface area contributed by atoms with Crippen LogP contribution in [0.2, 0.25) is 0 Å². The van der Waals surface area contributed by atoms with Gasteiger partial charge in [-0.1, -0.05) is 0 Å². The van der Waals surface area contributed by atoms with E-state index in [9.17, 15) is 4.79 Å². The standard InChI is InChI=1S/C18H22N2O2/c1-13-14(2)17(22-4)6-5-16(13)18(21)20(3)12-9-15-7-10-19-11-8-15/h5-8,10-11H,9,12H2,1-4H3. The second kappa shape index (κ2) is 7.07. The van der Waals surface area contributed by atoms with Crippen molar-refractivity contribution in [2.24, 2.45) is 0 Å². The van der Waals surface area contributed by atoms with Crippen molar-refractivity contribution in [1.82, 2.24) is 9.88 Å². The first-order chi connectivity index (χ1) is 10.5. The van der Waals surface area contributed by atoms with Crippen molar-refractivity contribution < 1.29 is 9.53 Å². The Morgan fingerprint density at radius 2 is 1.82 bits per heavy atom. The van der Waals surface area contributed by atoms with E-state index in [1.165, 1.54) is 5.56 Å². The summed E-state index contributed by atoms with van der Waals surface area (Å²) in [5, 5.41) is 0. The number of hydrogen-bond donors (Lipinski definition) is 0. The van der Waals surface area contributed by atoms with E-state index in [0.29, 0.717) is 6.54 Å². The number of aromatic nitrogens is 1. The molecule has 0 atom stereocenters. The van der Waals surface area contributed by atoms with Crippen molar-refractivity contribution in [1.29, 1.82) is 0 Å². The van der Waals surface area contributed by atoms with Crippen molar-refractivity contribution >= 4 is 5.91 Å². The summed E-state index contributed by atoms with van der Waals surface area (Å²) in [6, 6.07) is 7.64. The molecule has 0 radical (unpaired) electrons. The summed E-state index contributed by atoms with van der Waals surface area (Å²) in [5.74, 6) is 0.853. The third-order valence-electron chi connectivity index (χ3n) is 4.02. The van der Waals surface area contributed by atoms with E-state index in [0.717, 1.165) is 28.9 Å². The highest BCUT2D eigenvalue weighted by molar-refractivity contribution is 5.96. The van der Waals surface area contributed by atoms with Crippen LogP contribution in [0.4, 0.5) is 0 Å². The van der Waals surface area contributed by atoms with E-state index in [4.69, 9.17) is 4.74 Å². The van der Waals surface area contributed by atoms with Gasteiger partial charge in [0.1, 0.15) is 5.75 Å². The van der Waals surface area contributed by atoms with Gasteiger partial charge in [0.15, 0.2) is 0 Å². The zero-order valence-electron chi connectivity index (χ0n) is 13.6. The number of ether oxygens (including phenoxy) is 1. The predicted octanol–water partition coefficient (Wildman–Crippen LogP) is 3.02. The van der Waals surface area contributed by atoms with Crippen LogP contribution in [0.15, 0.2) is 36.7 Å². The molecule has 1 amide bonds. The average Bonchev–Trinajstić information content (AvgIpc) is 2.55. The Balaban J connectivity index is 2.09. The van der Waals surface area contributed by atoms with Gasteiger partial charge in [0.05, 0.1) is 7.11 Å². The summed E-state index contributed by atoms with van der Waals surface area (Å²) in [7, 11) is 3.48. The van der Waals surface area contributed by atoms with Crippen LogP contribution in [-0.2, 0) is 6.42 Å². The molecule has 0 aliphatic heterocycles. The van der Waals surface area contributed by atoms with E-state index in [1.807, 2.05) is 45.2 Å². The SMILES string of the molecule is COc1ccc(C(=O)N(C)CCc2ccncc2)c(C)c1C. The monoisotopic (exact) mass is 298 g/mol. The van der Waals surface area contributed by atoms with Crippen LogP contribution < -0.4 is 4.74 Å². The van der Waals surface area contributed by atoms with Crippen LogP contribution in [0.5, 0.6) is 5.75 Å². The van der Waals surface area contributed by atoms with Crippen LogP contribution >= 0.6 is 0 Å². The first-order valence-corrected chi connectivity index (χ1v) is 7.33. The molecule has 0 aliphatic carbocycles. The zero-order valence-corrected chi connectivity index (χ0v) is 13.6. The topological polar surface area (TPSA) is 42.4 Å². The minimum absolute atomic E-state index is 0.0392. The number of likely N-dealkylation sites (N-methyl/N-ethyl adjacent to an activating group) is 1. The third kappa shape index (κ3) is 3.45. The van der Waals surface area contributed by atoms with Gasteiger partial charge < -0.3 is 9.64 Å². The second-order valence-electron chi connectivity index (χ2n) is 5.40. The van der Waals surface area contributed by atoms with Crippen molar-refractivity contribution in [3.63, 3.8) is 0 Å². The van der Waals surface area contributed by atoms with Gasteiger partial charge in [-0.2, -0.15) is 0 Å². The fourth-order valence-electron chi connectivity index (χ4n) is 2.40. The quantitative estimate of drug-likeness (QED) is 0.852. The van der Waals surface area contributed by atoms with Crippen LogP contribution in [-0.4, -0.2) is 36.5 Å². The Morgan fingerprint density at radius 1 is 1.14 bits per heavy atom. The zero-order chi connectivity index (χ0) is 16.1. The highest BCUT2D eigenvalue weighted by atomic mass is 16.5. The third-order valence-corrected chi connectivity index (χ3v) is 4.02. The van der Waals surface area contributed by atoms with Crippen molar-refractivity contribution in [2.75, 3.05) is 20.7 Å². The number of rotatable bonds is 5. The number of pyridine rings is 1. The average molecular weight is 298 g/mol. The van der Waals surface area contributed by atoms with Crippen molar-refractivity contribution in [2.45, 2.75) is 20.3 Å². The molecule has 1 aromatic carbocycles. The van der Waals surface area contributed by atoms with Gasteiger partial charge in [0.25, 0.3) is 5.91 Å². The van der Waals surface area contributed by atoms with Gasteiger partial charge in [0.2, 0.25) is 0 Å². The minimum atomic E-state index is 0.0392. The van der Waals surface area contributed by atoms with Gasteiger partial charge in [-0.25, -0.2) is 0 Å². The molecular weight excluding hydrogens is 276 g/mol. The Hall–Kier alpha value is -2.36. The van der Waals surface area contributed by atoms with Gasteiger partial charge >= 0.3 is 0 Å². The molecule has 0 fully saturated rings. The number of amides is 1. The van der Waals surface area contributed by atoms with E-state index >= 15 is 0 Å². The van der Waals surface area contributed by atoms with Crippen molar-refractivity contribution in [3.8, 4) is 5.75 Å². The number of carbonyl (C=O) groups excluding carboxylic acids is 1. The molecule has 1 aromatic heterocycles. The summed E-state index contributed by atoms with van der Waals surface area (Å²) < 4.78 is 5.30. The molecule has 0 bridgehead atoms. The number of nitrogens with zero attached hydrogens (tertiary/aromatic N) is 2. The first-order valence-electron chi connectivity index (χ1n) is 7.33. The molecule has 116 valence electrons. The summed E-state index contributed by atoms with van der Waals surface area (Å²) in [6.07, 6.45) is 4.36. The molecule has 1 heterocycles. The lowest BCUT2D eigenvalue weighted by atomic mass is 10.0. The maximum Gasteiger partial charge on any atom is 0.253 e. The van der Waals surface area contributed by atoms with Gasteiger partial charge in [-0.3, -0.25) is 9.78 Å². The second-order valence-corrected chi connectivity index (χ2v) is 5.40. The highest BCUT2D eigenvalue weighted by Gasteiger charge is 2.16. The van der Waals surface area contributed by atoms with Crippen LogP contribution in [0.1, 0.15) is 27.0 Å². The first kappa shape index (κ1) is 16.0. The van der Waals surface area contributed by atoms with Gasteiger partial charge in [0, 0.05) is 31.5 Å². The predicted molar refractivity (Wildman–Crippen MR) is 87.4 cm³/mol. The van der Waals surface area contributed by atoms with Crippen LogP contribution in [0, 0.1) is 13.8 Å². The smallest absolute Gasteiger partial charge is 0.253 e. The van der Waals surface area contributed by atoms with E-state index in [1.54, 1.807) is 24.4 Å². The molecule has 0 aliphatic rings. The molecule has 0 N–H and O–H groups in total. The lowest BCUT2D eigenvalue weighted by molar-refractivity contribution is 0.0796. The molecule has 4 nitrogen and oxygen atoms in total. The summed E-state index contributed by atoms with van der Waals surface area (Å²) in [6.45, 7) is 4.61. The summed E-state index contributed by atoms with van der Waals surface area (Å²) in [5.41, 5.74) is 3.89. The lowest BCUT2D eigenvalue weighted by Gasteiger charge is -2.20. The Kier molecular flexibility index (Phi) is 5.15. The maximum absolute atomic E-state index is 12.6. The molecular formula is C18H22N2O2. The number of benzene rings is 1. The van der Waals surface area contributed by atoms with Crippen LogP contribution in [0.25, 0.3) is 0 Å². The molecule has 0 saturated heterocycles. The minimum Gasteiger partial charge on any atom is -0.496 e. The number of methoxy groups -OCH3 is 1. The van der Waals surface area contributed by atoms with E-state index in [2.05, 4.69) is 4.98 Å². The van der Waals surface area contributed by atoms with E-state index in [-0.39, 0.29) is 5.91 Å². The summed E-state index contributed by atoms with van der Waals surface area (Å²) >= 11 is 0. The number of carbonyl (C=O) groups is 1. The normalized spacial score (nSPS) is 10.4.